The maximum atomic E-state index is 6.10. The first-order valence-electron chi connectivity index (χ1n) is 6.97. The lowest BCUT2D eigenvalue weighted by molar-refractivity contribution is 0.297. The molecule has 1 aliphatic heterocycles. The van der Waals surface area contributed by atoms with E-state index in [1.807, 2.05) is 29.8 Å². The normalized spacial score (nSPS) is 15.6. The Bertz CT molecular complexity index is 669. The van der Waals surface area contributed by atoms with Gasteiger partial charge in [0.25, 0.3) is 0 Å². The summed E-state index contributed by atoms with van der Waals surface area (Å²) in [5.74, 6) is 2.22. The van der Waals surface area contributed by atoms with Crippen LogP contribution < -0.4 is 15.2 Å². The molecule has 0 bridgehead atoms. The molecule has 112 valence electrons. The Labute approximate surface area is 132 Å². The molecule has 2 heterocycles. The molecule has 6 heteroatoms. The molecule has 1 atom stereocenters. The van der Waals surface area contributed by atoms with E-state index < -0.39 is 0 Å². The fraction of sp³-hybridized carbons (Fsp3) is 0.400. The highest BCUT2D eigenvalue weighted by molar-refractivity contribution is 9.10. The van der Waals surface area contributed by atoms with Gasteiger partial charge in [-0.2, -0.15) is 5.10 Å². The minimum atomic E-state index is 0.0205. The first-order valence-corrected chi connectivity index (χ1v) is 7.77. The first kappa shape index (κ1) is 14.3. The maximum absolute atomic E-state index is 6.10. The van der Waals surface area contributed by atoms with Gasteiger partial charge in [-0.3, -0.25) is 0 Å². The molecule has 1 aromatic heterocycles. The second kappa shape index (κ2) is 5.60. The highest BCUT2D eigenvalue weighted by Crippen LogP contribution is 2.35. The van der Waals surface area contributed by atoms with Gasteiger partial charge < -0.3 is 15.2 Å². The van der Waals surface area contributed by atoms with E-state index in [2.05, 4.69) is 28.0 Å². The van der Waals surface area contributed by atoms with Crippen LogP contribution in [0.1, 0.15) is 30.6 Å². The molecule has 0 spiro atoms. The van der Waals surface area contributed by atoms with Crippen molar-refractivity contribution in [1.29, 1.82) is 0 Å². The average Bonchev–Trinajstić information content (AvgIpc) is 2.70. The standard InChI is InChI=1S/C15H18BrN3O2/c1-9-14(16)15(17)19(18-9)10(2)11-4-5-12-13(8-11)21-7-3-6-20-12/h4-5,8,10H,3,6-7,17H2,1-2H3. The highest BCUT2D eigenvalue weighted by Gasteiger charge is 2.19. The van der Waals surface area contributed by atoms with Crippen LogP contribution in [0.2, 0.25) is 0 Å². The van der Waals surface area contributed by atoms with Crippen LogP contribution in [-0.2, 0) is 0 Å². The van der Waals surface area contributed by atoms with Crippen LogP contribution in [0, 0.1) is 6.92 Å². The Hall–Kier alpha value is -1.69. The van der Waals surface area contributed by atoms with Gasteiger partial charge in [-0.05, 0) is 47.5 Å². The minimum absolute atomic E-state index is 0.0205. The molecule has 21 heavy (non-hydrogen) atoms. The summed E-state index contributed by atoms with van der Waals surface area (Å²) in [4.78, 5) is 0. The van der Waals surface area contributed by atoms with Crippen molar-refractivity contribution in [3.63, 3.8) is 0 Å². The molecule has 0 fully saturated rings. The van der Waals surface area contributed by atoms with Crippen LogP contribution in [0.5, 0.6) is 11.5 Å². The molecule has 0 radical (unpaired) electrons. The van der Waals surface area contributed by atoms with Gasteiger partial charge in [0.05, 0.1) is 29.4 Å². The Kier molecular flexibility index (Phi) is 3.80. The SMILES string of the molecule is Cc1nn(C(C)c2ccc3c(c2)OCCCO3)c(N)c1Br. The van der Waals surface area contributed by atoms with Crippen molar-refractivity contribution < 1.29 is 9.47 Å². The van der Waals surface area contributed by atoms with E-state index in [9.17, 15) is 0 Å². The number of hydrogen-bond donors (Lipinski definition) is 1. The van der Waals surface area contributed by atoms with Crippen molar-refractivity contribution in [2.45, 2.75) is 26.3 Å². The zero-order valence-corrected chi connectivity index (χ0v) is 13.7. The molecule has 3 rings (SSSR count). The Balaban J connectivity index is 1.96. The summed E-state index contributed by atoms with van der Waals surface area (Å²) in [5, 5.41) is 4.49. The predicted molar refractivity (Wildman–Crippen MR) is 84.9 cm³/mol. The van der Waals surface area contributed by atoms with Gasteiger partial charge in [-0.15, -0.1) is 0 Å². The molecule has 1 unspecified atom stereocenters. The molecule has 2 aromatic rings. The van der Waals surface area contributed by atoms with Crippen molar-refractivity contribution in [2.24, 2.45) is 0 Å². The molecule has 1 aromatic carbocycles. The molecule has 0 saturated carbocycles. The van der Waals surface area contributed by atoms with Crippen molar-refractivity contribution in [1.82, 2.24) is 9.78 Å². The summed E-state index contributed by atoms with van der Waals surface area (Å²) in [5.41, 5.74) is 8.07. The number of fused-ring (bicyclic) bond motifs is 1. The zero-order valence-electron chi connectivity index (χ0n) is 12.1. The highest BCUT2D eigenvalue weighted by atomic mass is 79.9. The fourth-order valence-electron chi connectivity index (χ4n) is 2.42. The van der Waals surface area contributed by atoms with Gasteiger partial charge in [-0.25, -0.2) is 4.68 Å². The number of anilines is 1. The molecule has 2 N–H and O–H groups in total. The van der Waals surface area contributed by atoms with E-state index in [-0.39, 0.29) is 6.04 Å². The second-order valence-electron chi connectivity index (χ2n) is 5.16. The predicted octanol–water partition coefficient (Wildman–Crippen LogP) is 3.31. The zero-order chi connectivity index (χ0) is 15.0. The number of aryl methyl sites for hydroxylation is 1. The quantitative estimate of drug-likeness (QED) is 0.901. The molecule has 0 amide bonds. The third kappa shape index (κ3) is 2.60. The number of nitrogens with zero attached hydrogens (tertiary/aromatic N) is 2. The third-order valence-corrected chi connectivity index (χ3v) is 4.65. The van der Waals surface area contributed by atoms with Crippen molar-refractivity contribution in [2.75, 3.05) is 18.9 Å². The monoisotopic (exact) mass is 351 g/mol. The van der Waals surface area contributed by atoms with Crippen LogP contribution in [0.4, 0.5) is 5.82 Å². The van der Waals surface area contributed by atoms with Crippen molar-refractivity contribution in [3.8, 4) is 11.5 Å². The van der Waals surface area contributed by atoms with Crippen LogP contribution in [0.3, 0.4) is 0 Å². The van der Waals surface area contributed by atoms with E-state index in [1.54, 1.807) is 0 Å². The van der Waals surface area contributed by atoms with E-state index in [1.165, 1.54) is 0 Å². The number of nitrogens with two attached hydrogens (primary N) is 1. The topological polar surface area (TPSA) is 62.3 Å². The summed E-state index contributed by atoms with van der Waals surface area (Å²) >= 11 is 3.46. The largest absolute Gasteiger partial charge is 0.490 e. The summed E-state index contributed by atoms with van der Waals surface area (Å²) in [6, 6.07) is 6.01. The fourth-order valence-corrected chi connectivity index (χ4v) is 2.68. The maximum Gasteiger partial charge on any atom is 0.161 e. The lowest BCUT2D eigenvalue weighted by atomic mass is 10.1. The molecule has 1 aliphatic rings. The van der Waals surface area contributed by atoms with Crippen molar-refractivity contribution in [3.05, 3.63) is 33.9 Å². The Morgan fingerprint density at radius 2 is 2.00 bits per heavy atom. The summed E-state index contributed by atoms with van der Waals surface area (Å²) in [7, 11) is 0. The van der Waals surface area contributed by atoms with E-state index >= 15 is 0 Å². The van der Waals surface area contributed by atoms with Gasteiger partial charge in [-0.1, -0.05) is 6.07 Å². The van der Waals surface area contributed by atoms with Gasteiger partial charge in [0.2, 0.25) is 0 Å². The van der Waals surface area contributed by atoms with Gasteiger partial charge >= 0.3 is 0 Å². The number of benzene rings is 1. The molecule has 0 saturated heterocycles. The van der Waals surface area contributed by atoms with Crippen LogP contribution in [0.25, 0.3) is 0 Å². The van der Waals surface area contributed by atoms with Crippen LogP contribution in [0.15, 0.2) is 22.7 Å². The van der Waals surface area contributed by atoms with E-state index in [0.29, 0.717) is 19.0 Å². The lowest BCUT2D eigenvalue weighted by Crippen LogP contribution is -2.12. The van der Waals surface area contributed by atoms with Crippen LogP contribution >= 0.6 is 15.9 Å². The minimum Gasteiger partial charge on any atom is -0.490 e. The van der Waals surface area contributed by atoms with E-state index in [0.717, 1.165) is 33.6 Å². The number of ether oxygens (including phenoxy) is 2. The molecular formula is C15H18BrN3O2. The number of aromatic nitrogens is 2. The lowest BCUT2D eigenvalue weighted by Gasteiger charge is -2.16. The van der Waals surface area contributed by atoms with Gasteiger partial charge in [0.15, 0.2) is 11.5 Å². The summed E-state index contributed by atoms with van der Waals surface area (Å²) < 4.78 is 14.1. The van der Waals surface area contributed by atoms with Gasteiger partial charge in [0, 0.05) is 6.42 Å². The number of halogens is 1. The molecule has 5 nitrogen and oxygen atoms in total. The Morgan fingerprint density at radius 1 is 1.29 bits per heavy atom. The average molecular weight is 352 g/mol. The molecular weight excluding hydrogens is 334 g/mol. The molecule has 0 aliphatic carbocycles. The second-order valence-corrected chi connectivity index (χ2v) is 5.95. The summed E-state index contributed by atoms with van der Waals surface area (Å²) in [6.07, 6.45) is 0.901. The van der Waals surface area contributed by atoms with Crippen molar-refractivity contribution >= 4 is 21.7 Å². The Morgan fingerprint density at radius 3 is 2.67 bits per heavy atom. The van der Waals surface area contributed by atoms with Gasteiger partial charge in [0.1, 0.15) is 5.82 Å². The van der Waals surface area contributed by atoms with Crippen LogP contribution in [-0.4, -0.2) is 23.0 Å². The van der Waals surface area contributed by atoms with E-state index in [4.69, 9.17) is 15.2 Å². The smallest absolute Gasteiger partial charge is 0.161 e. The number of hydrogen-bond acceptors (Lipinski definition) is 4. The number of rotatable bonds is 2. The number of nitrogen functional groups attached to an aromatic ring is 1. The summed E-state index contributed by atoms with van der Waals surface area (Å²) in [6.45, 7) is 5.37. The third-order valence-electron chi connectivity index (χ3n) is 3.67. The first-order chi connectivity index (χ1) is 10.1.